The fraction of sp³-hybridized carbons (Fsp3) is 0.545. The van der Waals surface area contributed by atoms with E-state index in [9.17, 15) is 9.90 Å². The maximum Gasteiger partial charge on any atom is 0.322 e. The van der Waals surface area contributed by atoms with Crippen LogP contribution in [0.1, 0.15) is 6.42 Å². The monoisotopic (exact) mass is 237 g/mol. The second-order valence-electron chi connectivity index (χ2n) is 3.89. The molecule has 6 heteroatoms. The second-order valence-corrected chi connectivity index (χ2v) is 3.89. The first kappa shape index (κ1) is 14.0. The standard InChI is InChI=1S/C11H16BNO4/c1-16-10(14)8(13)5-7-3-4-11(15,17-2)9(12)6-7/h3-4,6,8-9,15H,5,13H2,1-2H3/t8-,9?,11?/m0/s1. The van der Waals surface area contributed by atoms with Crippen LogP contribution in [0.2, 0.25) is 5.82 Å². The Kier molecular flexibility index (Phi) is 4.50. The molecule has 0 amide bonds. The van der Waals surface area contributed by atoms with Crippen molar-refractivity contribution in [3.8, 4) is 0 Å². The van der Waals surface area contributed by atoms with Crippen LogP contribution in [-0.2, 0) is 14.3 Å². The Morgan fingerprint density at radius 1 is 1.71 bits per heavy atom. The number of carbonyl (C=O) groups excluding carboxylic acids is 1. The third-order valence-corrected chi connectivity index (χ3v) is 2.69. The van der Waals surface area contributed by atoms with Crippen LogP contribution in [0.4, 0.5) is 0 Å². The highest BCUT2D eigenvalue weighted by Gasteiger charge is 2.32. The normalized spacial score (nSPS) is 29.6. The molecule has 0 spiro atoms. The molecule has 0 aliphatic heterocycles. The van der Waals surface area contributed by atoms with Crippen molar-refractivity contribution in [3.05, 3.63) is 23.8 Å². The van der Waals surface area contributed by atoms with Gasteiger partial charge in [-0.1, -0.05) is 17.7 Å². The molecule has 92 valence electrons. The van der Waals surface area contributed by atoms with Crippen LogP contribution in [0, 0.1) is 0 Å². The van der Waals surface area contributed by atoms with Crippen LogP contribution >= 0.6 is 0 Å². The molecule has 0 aromatic carbocycles. The van der Waals surface area contributed by atoms with Crippen molar-refractivity contribution in [3.63, 3.8) is 0 Å². The first-order chi connectivity index (χ1) is 7.92. The third kappa shape index (κ3) is 3.18. The number of allylic oxidation sites excluding steroid dienone is 1. The van der Waals surface area contributed by atoms with E-state index in [4.69, 9.17) is 18.3 Å². The first-order valence-electron chi connectivity index (χ1n) is 5.19. The Bertz CT molecular complexity index is 355. The molecular weight excluding hydrogens is 221 g/mol. The van der Waals surface area contributed by atoms with Gasteiger partial charge in [-0.3, -0.25) is 4.79 Å². The summed E-state index contributed by atoms with van der Waals surface area (Å²) in [6.45, 7) is 0. The summed E-state index contributed by atoms with van der Waals surface area (Å²) in [4.78, 5) is 11.1. The average Bonchev–Trinajstić information content (AvgIpc) is 2.33. The van der Waals surface area contributed by atoms with E-state index in [-0.39, 0.29) is 0 Å². The van der Waals surface area contributed by atoms with Gasteiger partial charge in [0.2, 0.25) is 0 Å². The highest BCUT2D eigenvalue weighted by molar-refractivity contribution is 6.14. The smallest absolute Gasteiger partial charge is 0.322 e. The lowest BCUT2D eigenvalue weighted by molar-refractivity contribution is -0.142. The molecule has 0 fully saturated rings. The molecule has 2 unspecified atom stereocenters. The molecule has 17 heavy (non-hydrogen) atoms. The zero-order chi connectivity index (χ0) is 13.1. The van der Waals surface area contributed by atoms with Gasteiger partial charge in [0.1, 0.15) is 6.04 Å². The predicted molar refractivity (Wildman–Crippen MR) is 63.3 cm³/mol. The lowest BCUT2D eigenvalue weighted by Crippen LogP contribution is -2.36. The number of hydrogen-bond donors (Lipinski definition) is 2. The highest BCUT2D eigenvalue weighted by atomic mass is 16.6. The Morgan fingerprint density at radius 2 is 2.35 bits per heavy atom. The van der Waals surface area contributed by atoms with Crippen LogP contribution in [0.5, 0.6) is 0 Å². The Labute approximate surface area is 102 Å². The van der Waals surface area contributed by atoms with Crippen molar-refractivity contribution in [1.29, 1.82) is 0 Å². The largest absolute Gasteiger partial charge is 0.468 e. The zero-order valence-electron chi connectivity index (χ0n) is 9.92. The molecule has 3 N–H and O–H groups in total. The molecule has 0 bridgehead atoms. The molecule has 5 nitrogen and oxygen atoms in total. The van der Waals surface area contributed by atoms with Crippen LogP contribution < -0.4 is 5.73 Å². The number of rotatable bonds is 4. The molecular formula is C11H16BNO4. The summed E-state index contributed by atoms with van der Waals surface area (Å²) in [6, 6.07) is -0.739. The number of carbonyl (C=O) groups is 1. The van der Waals surface area contributed by atoms with Gasteiger partial charge < -0.3 is 20.3 Å². The van der Waals surface area contributed by atoms with Crippen molar-refractivity contribution >= 4 is 13.8 Å². The maximum atomic E-state index is 11.1. The van der Waals surface area contributed by atoms with E-state index in [1.54, 1.807) is 12.2 Å². The predicted octanol–water partition coefficient (Wildman–Crippen LogP) is -0.335. The van der Waals surface area contributed by atoms with Crippen molar-refractivity contribution < 1.29 is 19.4 Å². The molecule has 0 saturated heterocycles. The number of hydrogen-bond acceptors (Lipinski definition) is 5. The van der Waals surface area contributed by atoms with Gasteiger partial charge in [0.05, 0.1) is 15.0 Å². The van der Waals surface area contributed by atoms with E-state index in [0.29, 0.717) is 6.42 Å². The van der Waals surface area contributed by atoms with Crippen LogP contribution in [0.25, 0.3) is 0 Å². The summed E-state index contributed by atoms with van der Waals surface area (Å²) in [5.41, 5.74) is 6.38. The summed E-state index contributed by atoms with van der Waals surface area (Å²) in [5, 5.41) is 9.85. The minimum absolute atomic E-state index is 0.302. The molecule has 0 aromatic heterocycles. The summed E-state index contributed by atoms with van der Waals surface area (Å²) in [6.07, 6.45) is 5.00. The van der Waals surface area contributed by atoms with Crippen LogP contribution in [0.15, 0.2) is 23.8 Å². The van der Waals surface area contributed by atoms with Gasteiger partial charge in [-0.05, 0) is 18.3 Å². The van der Waals surface area contributed by atoms with E-state index in [1.165, 1.54) is 20.3 Å². The van der Waals surface area contributed by atoms with Crippen molar-refractivity contribution in [2.45, 2.75) is 24.1 Å². The minimum atomic E-state index is -1.50. The number of ether oxygens (including phenoxy) is 2. The minimum Gasteiger partial charge on any atom is -0.468 e. The molecule has 2 radical (unpaired) electrons. The number of aliphatic hydroxyl groups is 1. The van der Waals surface area contributed by atoms with E-state index in [0.717, 1.165) is 5.57 Å². The van der Waals surface area contributed by atoms with Gasteiger partial charge in [-0.2, -0.15) is 0 Å². The molecule has 1 aliphatic carbocycles. The van der Waals surface area contributed by atoms with Gasteiger partial charge in [-0.25, -0.2) is 0 Å². The SMILES string of the molecule is [B]C1C=C(C[C@H](N)C(=O)OC)C=CC1(O)OC. The summed E-state index contributed by atoms with van der Waals surface area (Å²) >= 11 is 0. The van der Waals surface area contributed by atoms with Gasteiger partial charge in [0.25, 0.3) is 0 Å². The molecule has 0 saturated carbocycles. The molecule has 0 aromatic rings. The van der Waals surface area contributed by atoms with Crippen LogP contribution in [-0.4, -0.2) is 45.0 Å². The number of esters is 1. The van der Waals surface area contributed by atoms with E-state index in [2.05, 4.69) is 4.74 Å². The van der Waals surface area contributed by atoms with Crippen LogP contribution in [0.3, 0.4) is 0 Å². The van der Waals surface area contributed by atoms with Gasteiger partial charge >= 0.3 is 5.97 Å². The molecule has 1 aliphatic rings. The second kappa shape index (κ2) is 5.49. The Morgan fingerprint density at radius 3 is 2.82 bits per heavy atom. The summed E-state index contributed by atoms with van der Waals surface area (Å²) in [7, 11) is 8.38. The van der Waals surface area contributed by atoms with E-state index >= 15 is 0 Å². The van der Waals surface area contributed by atoms with Gasteiger partial charge in [0.15, 0.2) is 5.79 Å². The fourth-order valence-electron chi connectivity index (χ4n) is 1.57. The number of nitrogens with two attached hydrogens (primary N) is 1. The van der Waals surface area contributed by atoms with Crippen molar-refractivity contribution in [2.75, 3.05) is 14.2 Å². The molecule has 1 rings (SSSR count). The van der Waals surface area contributed by atoms with E-state index in [1.807, 2.05) is 0 Å². The fourth-order valence-corrected chi connectivity index (χ4v) is 1.57. The lowest BCUT2D eigenvalue weighted by Gasteiger charge is -2.31. The topological polar surface area (TPSA) is 81.8 Å². The highest BCUT2D eigenvalue weighted by Crippen LogP contribution is 2.31. The van der Waals surface area contributed by atoms with Crippen molar-refractivity contribution in [2.24, 2.45) is 5.73 Å². The molecule has 0 heterocycles. The summed E-state index contributed by atoms with van der Waals surface area (Å²) in [5.74, 6) is -2.68. The van der Waals surface area contributed by atoms with Gasteiger partial charge in [0, 0.05) is 7.11 Å². The Hall–Kier alpha value is -1.11. The van der Waals surface area contributed by atoms with Crippen molar-refractivity contribution in [1.82, 2.24) is 0 Å². The lowest BCUT2D eigenvalue weighted by atomic mass is 9.75. The summed E-state index contributed by atoms with van der Waals surface area (Å²) < 4.78 is 9.41. The van der Waals surface area contributed by atoms with Gasteiger partial charge in [-0.15, -0.1) is 0 Å². The average molecular weight is 237 g/mol. The van der Waals surface area contributed by atoms with E-state index < -0.39 is 23.6 Å². The maximum absolute atomic E-state index is 11.1. The number of methoxy groups -OCH3 is 2. The molecule has 3 atom stereocenters. The quantitative estimate of drug-likeness (QED) is 0.397. The first-order valence-corrected chi connectivity index (χ1v) is 5.19. The Balaban J connectivity index is 2.68. The third-order valence-electron chi connectivity index (χ3n) is 2.69. The zero-order valence-corrected chi connectivity index (χ0v) is 9.92.